The molecule has 2 rings (SSSR count). The highest BCUT2D eigenvalue weighted by atomic mass is 16.5. The molecule has 3 nitrogen and oxygen atoms in total. The van der Waals surface area contributed by atoms with E-state index < -0.39 is 0 Å². The van der Waals surface area contributed by atoms with Crippen molar-refractivity contribution >= 4 is 0 Å². The summed E-state index contributed by atoms with van der Waals surface area (Å²) >= 11 is 0. The Bertz CT molecular complexity index is 506. The molecule has 0 saturated carbocycles. The summed E-state index contributed by atoms with van der Waals surface area (Å²) in [4.78, 5) is 0. The van der Waals surface area contributed by atoms with Crippen LogP contribution >= 0.6 is 0 Å². The second-order valence-corrected chi connectivity index (χ2v) is 4.14. The summed E-state index contributed by atoms with van der Waals surface area (Å²) in [6, 6.07) is 15.3. The van der Waals surface area contributed by atoms with Crippen LogP contribution in [-0.2, 0) is 0 Å². The standard InChI is InChI=1S/C15H17NO2/c1-11(16)12-4-3-5-15(10-12)18-14-8-6-13(17-2)7-9-14/h3-11H,16H2,1-2H3. The Morgan fingerprint density at radius 1 is 0.944 bits per heavy atom. The lowest BCUT2D eigenvalue weighted by Crippen LogP contribution is -2.04. The molecule has 0 aliphatic rings. The minimum Gasteiger partial charge on any atom is -0.497 e. The van der Waals surface area contributed by atoms with Crippen LogP contribution < -0.4 is 15.2 Å². The van der Waals surface area contributed by atoms with Crippen LogP contribution in [0.25, 0.3) is 0 Å². The number of hydrogen-bond acceptors (Lipinski definition) is 3. The van der Waals surface area contributed by atoms with Crippen molar-refractivity contribution in [1.29, 1.82) is 0 Å². The van der Waals surface area contributed by atoms with Gasteiger partial charge in [-0.25, -0.2) is 0 Å². The van der Waals surface area contributed by atoms with Crippen molar-refractivity contribution in [2.24, 2.45) is 5.73 Å². The molecule has 0 fully saturated rings. The van der Waals surface area contributed by atoms with Crippen molar-refractivity contribution in [1.82, 2.24) is 0 Å². The molecule has 0 saturated heterocycles. The van der Waals surface area contributed by atoms with E-state index >= 15 is 0 Å². The van der Waals surface area contributed by atoms with E-state index in [4.69, 9.17) is 15.2 Å². The molecule has 1 atom stereocenters. The van der Waals surface area contributed by atoms with E-state index in [9.17, 15) is 0 Å². The molecule has 0 aromatic heterocycles. The monoisotopic (exact) mass is 243 g/mol. The molecule has 2 aromatic carbocycles. The third kappa shape index (κ3) is 3.02. The highest BCUT2D eigenvalue weighted by Crippen LogP contribution is 2.25. The SMILES string of the molecule is COc1ccc(Oc2cccc(C(C)N)c2)cc1. The van der Waals surface area contributed by atoms with Crippen LogP contribution in [0.2, 0.25) is 0 Å². The Morgan fingerprint density at radius 2 is 1.61 bits per heavy atom. The van der Waals surface area contributed by atoms with Gasteiger partial charge in [0.05, 0.1) is 7.11 Å². The minimum absolute atomic E-state index is 0.00409. The van der Waals surface area contributed by atoms with Gasteiger partial charge >= 0.3 is 0 Å². The van der Waals surface area contributed by atoms with Gasteiger partial charge in [-0.15, -0.1) is 0 Å². The minimum atomic E-state index is 0.00409. The fourth-order valence-electron chi connectivity index (χ4n) is 1.64. The second kappa shape index (κ2) is 5.56. The zero-order valence-corrected chi connectivity index (χ0v) is 10.6. The summed E-state index contributed by atoms with van der Waals surface area (Å²) in [6.45, 7) is 1.95. The van der Waals surface area contributed by atoms with Crippen LogP contribution in [0.3, 0.4) is 0 Å². The van der Waals surface area contributed by atoms with E-state index in [0.717, 1.165) is 22.8 Å². The van der Waals surface area contributed by atoms with Crippen LogP contribution in [0.1, 0.15) is 18.5 Å². The van der Waals surface area contributed by atoms with Crippen molar-refractivity contribution in [2.75, 3.05) is 7.11 Å². The number of hydrogen-bond donors (Lipinski definition) is 1. The summed E-state index contributed by atoms with van der Waals surface area (Å²) in [5.74, 6) is 2.37. The lowest BCUT2D eigenvalue weighted by Gasteiger charge is -2.10. The van der Waals surface area contributed by atoms with E-state index in [1.54, 1.807) is 7.11 Å². The third-order valence-electron chi connectivity index (χ3n) is 2.68. The van der Waals surface area contributed by atoms with Crippen LogP contribution in [0.4, 0.5) is 0 Å². The maximum atomic E-state index is 5.84. The first-order valence-electron chi connectivity index (χ1n) is 5.86. The topological polar surface area (TPSA) is 44.5 Å². The van der Waals surface area contributed by atoms with Gasteiger partial charge in [0.2, 0.25) is 0 Å². The Hall–Kier alpha value is -2.00. The largest absolute Gasteiger partial charge is 0.497 e. The lowest BCUT2D eigenvalue weighted by molar-refractivity contribution is 0.413. The molecular formula is C15H17NO2. The second-order valence-electron chi connectivity index (χ2n) is 4.14. The fraction of sp³-hybridized carbons (Fsp3) is 0.200. The molecule has 0 bridgehead atoms. The molecule has 0 amide bonds. The highest BCUT2D eigenvalue weighted by molar-refractivity contribution is 5.37. The number of methoxy groups -OCH3 is 1. The predicted molar refractivity (Wildman–Crippen MR) is 72.1 cm³/mol. The molecule has 0 aliphatic heterocycles. The van der Waals surface area contributed by atoms with Crippen molar-refractivity contribution in [3.05, 3.63) is 54.1 Å². The normalized spacial score (nSPS) is 11.9. The van der Waals surface area contributed by atoms with Crippen molar-refractivity contribution in [2.45, 2.75) is 13.0 Å². The molecule has 18 heavy (non-hydrogen) atoms. The van der Waals surface area contributed by atoms with Crippen molar-refractivity contribution in [3.8, 4) is 17.2 Å². The van der Waals surface area contributed by atoms with Gasteiger partial charge in [0.25, 0.3) is 0 Å². The Labute approximate surface area is 107 Å². The maximum Gasteiger partial charge on any atom is 0.127 e. The average molecular weight is 243 g/mol. The highest BCUT2D eigenvalue weighted by Gasteiger charge is 2.02. The van der Waals surface area contributed by atoms with Gasteiger partial charge in [0, 0.05) is 6.04 Å². The Kier molecular flexibility index (Phi) is 3.85. The number of benzene rings is 2. The van der Waals surface area contributed by atoms with Gasteiger partial charge in [-0.2, -0.15) is 0 Å². The van der Waals surface area contributed by atoms with Gasteiger partial charge in [0.1, 0.15) is 17.2 Å². The Morgan fingerprint density at radius 3 is 2.22 bits per heavy atom. The van der Waals surface area contributed by atoms with Gasteiger partial charge < -0.3 is 15.2 Å². The third-order valence-corrected chi connectivity index (χ3v) is 2.68. The number of nitrogens with two attached hydrogens (primary N) is 1. The first-order valence-corrected chi connectivity index (χ1v) is 5.86. The van der Waals surface area contributed by atoms with Gasteiger partial charge in [0.15, 0.2) is 0 Å². The van der Waals surface area contributed by atoms with Gasteiger partial charge in [-0.1, -0.05) is 12.1 Å². The molecule has 0 aliphatic carbocycles. The summed E-state index contributed by atoms with van der Waals surface area (Å²) in [5.41, 5.74) is 6.90. The molecule has 1 unspecified atom stereocenters. The molecule has 3 heteroatoms. The van der Waals surface area contributed by atoms with Gasteiger partial charge in [-0.05, 0) is 48.9 Å². The molecule has 94 valence electrons. The summed E-state index contributed by atoms with van der Waals surface area (Å²) in [7, 11) is 1.64. The van der Waals surface area contributed by atoms with Crippen LogP contribution in [0.15, 0.2) is 48.5 Å². The van der Waals surface area contributed by atoms with E-state index in [1.165, 1.54) is 0 Å². The predicted octanol–water partition coefficient (Wildman–Crippen LogP) is 3.51. The Balaban J connectivity index is 2.15. The van der Waals surface area contributed by atoms with Crippen LogP contribution in [0, 0.1) is 0 Å². The van der Waals surface area contributed by atoms with E-state index in [-0.39, 0.29) is 6.04 Å². The first-order chi connectivity index (χ1) is 8.69. The molecule has 2 N–H and O–H groups in total. The van der Waals surface area contributed by atoms with Crippen LogP contribution in [-0.4, -0.2) is 7.11 Å². The number of rotatable bonds is 4. The molecule has 2 aromatic rings. The zero-order valence-electron chi connectivity index (χ0n) is 10.6. The lowest BCUT2D eigenvalue weighted by atomic mass is 10.1. The maximum absolute atomic E-state index is 5.84. The number of ether oxygens (including phenoxy) is 2. The van der Waals surface area contributed by atoms with E-state index in [1.807, 2.05) is 55.5 Å². The smallest absolute Gasteiger partial charge is 0.127 e. The van der Waals surface area contributed by atoms with Crippen molar-refractivity contribution < 1.29 is 9.47 Å². The quantitative estimate of drug-likeness (QED) is 0.893. The van der Waals surface area contributed by atoms with Crippen molar-refractivity contribution in [3.63, 3.8) is 0 Å². The molecule has 0 radical (unpaired) electrons. The molecular weight excluding hydrogens is 226 g/mol. The molecule has 0 heterocycles. The summed E-state index contributed by atoms with van der Waals surface area (Å²) in [6.07, 6.45) is 0. The van der Waals surface area contributed by atoms with E-state index in [0.29, 0.717) is 0 Å². The van der Waals surface area contributed by atoms with Gasteiger partial charge in [-0.3, -0.25) is 0 Å². The summed E-state index contributed by atoms with van der Waals surface area (Å²) < 4.78 is 10.9. The first kappa shape index (κ1) is 12.5. The average Bonchev–Trinajstić information content (AvgIpc) is 2.40. The van der Waals surface area contributed by atoms with Crippen LogP contribution in [0.5, 0.6) is 17.2 Å². The summed E-state index contributed by atoms with van der Waals surface area (Å²) in [5, 5.41) is 0. The fourth-order valence-corrected chi connectivity index (χ4v) is 1.64. The zero-order chi connectivity index (χ0) is 13.0. The van der Waals surface area contributed by atoms with E-state index in [2.05, 4.69) is 0 Å². The molecule has 0 spiro atoms.